The molecular weight excluding hydrogens is 234 g/mol. The van der Waals surface area contributed by atoms with Crippen LogP contribution in [0.15, 0.2) is 29.1 Å². The Kier molecular flexibility index (Phi) is 2.22. The highest BCUT2D eigenvalue weighted by Crippen LogP contribution is 2.34. The number of fused-ring (bicyclic) bond motifs is 5. The number of aryl methyl sites for hydroxylation is 1. The van der Waals surface area contributed by atoms with Crippen molar-refractivity contribution in [3.05, 3.63) is 56.9 Å². The molecule has 19 heavy (non-hydrogen) atoms. The number of nitrogens with zero attached hydrogens (tertiary/aromatic N) is 1. The molecule has 0 bridgehead atoms. The van der Waals surface area contributed by atoms with Gasteiger partial charge in [-0.25, -0.2) is 0 Å². The lowest BCUT2D eigenvalue weighted by Gasteiger charge is -2.27. The fraction of sp³-hybridized carbons (Fsp3) is 0.353. The van der Waals surface area contributed by atoms with Crippen molar-refractivity contribution in [1.29, 1.82) is 0 Å². The lowest BCUT2D eigenvalue weighted by atomic mass is 9.93. The standard InChI is InChI=1S/C17H17NO/c1-11-16-13-6-3-2-5-12(13)9-10-18(16)15-8-4-7-14(15)17(11)19/h2-3,5-6H,4,7-10H2,1H3. The molecule has 0 spiro atoms. The Morgan fingerprint density at radius 2 is 1.95 bits per heavy atom. The van der Waals surface area contributed by atoms with E-state index in [0.717, 1.165) is 43.4 Å². The molecule has 0 fully saturated rings. The second kappa shape index (κ2) is 3.83. The van der Waals surface area contributed by atoms with E-state index < -0.39 is 0 Å². The highest BCUT2D eigenvalue weighted by Gasteiger charge is 2.26. The molecule has 2 aromatic rings. The van der Waals surface area contributed by atoms with Crippen molar-refractivity contribution in [2.75, 3.05) is 0 Å². The molecule has 0 saturated heterocycles. The van der Waals surface area contributed by atoms with Crippen LogP contribution in [0.4, 0.5) is 0 Å². The van der Waals surface area contributed by atoms with Gasteiger partial charge >= 0.3 is 0 Å². The van der Waals surface area contributed by atoms with Crippen molar-refractivity contribution in [2.45, 2.75) is 39.2 Å². The van der Waals surface area contributed by atoms with E-state index in [0.29, 0.717) is 0 Å². The van der Waals surface area contributed by atoms with E-state index in [4.69, 9.17) is 0 Å². The van der Waals surface area contributed by atoms with Crippen molar-refractivity contribution in [2.24, 2.45) is 0 Å². The van der Waals surface area contributed by atoms with E-state index in [1.54, 1.807) is 0 Å². The quantitative estimate of drug-likeness (QED) is 0.705. The zero-order chi connectivity index (χ0) is 13.0. The first-order valence-corrected chi connectivity index (χ1v) is 7.11. The van der Waals surface area contributed by atoms with Crippen LogP contribution in [0, 0.1) is 6.92 Å². The predicted molar refractivity (Wildman–Crippen MR) is 76.6 cm³/mol. The first-order valence-electron chi connectivity index (χ1n) is 7.11. The van der Waals surface area contributed by atoms with E-state index in [1.807, 2.05) is 6.92 Å². The van der Waals surface area contributed by atoms with Crippen LogP contribution in [0.25, 0.3) is 11.3 Å². The Bertz CT molecular complexity index is 740. The van der Waals surface area contributed by atoms with Crippen LogP contribution in [0.1, 0.15) is 28.8 Å². The Balaban J connectivity index is 2.12. The average Bonchev–Trinajstić information content (AvgIpc) is 2.93. The molecule has 2 aliphatic rings. The molecule has 0 amide bonds. The summed E-state index contributed by atoms with van der Waals surface area (Å²) in [6, 6.07) is 8.52. The van der Waals surface area contributed by atoms with E-state index in [-0.39, 0.29) is 5.43 Å². The molecule has 0 N–H and O–H groups in total. The Morgan fingerprint density at radius 1 is 1.11 bits per heavy atom. The van der Waals surface area contributed by atoms with E-state index in [2.05, 4.69) is 28.8 Å². The van der Waals surface area contributed by atoms with E-state index in [9.17, 15) is 4.79 Å². The lowest BCUT2D eigenvalue weighted by molar-refractivity contribution is 0.643. The highest BCUT2D eigenvalue weighted by atomic mass is 16.1. The molecular formula is C17H17NO. The third-order valence-corrected chi connectivity index (χ3v) is 4.63. The van der Waals surface area contributed by atoms with Gasteiger partial charge in [-0.2, -0.15) is 0 Å². The fourth-order valence-electron chi connectivity index (χ4n) is 3.74. The summed E-state index contributed by atoms with van der Waals surface area (Å²) >= 11 is 0. The molecule has 96 valence electrons. The molecule has 1 aliphatic heterocycles. The molecule has 0 atom stereocenters. The first kappa shape index (κ1) is 11.0. The summed E-state index contributed by atoms with van der Waals surface area (Å²) in [5.41, 5.74) is 7.43. The number of rotatable bonds is 0. The zero-order valence-electron chi connectivity index (χ0n) is 11.2. The monoisotopic (exact) mass is 251 g/mol. The molecule has 2 heteroatoms. The number of pyridine rings is 1. The summed E-state index contributed by atoms with van der Waals surface area (Å²) < 4.78 is 2.42. The second-order valence-corrected chi connectivity index (χ2v) is 5.64. The van der Waals surface area contributed by atoms with Crippen LogP contribution in [-0.4, -0.2) is 4.57 Å². The number of hydrogen-bond donors (Lipinski definition) is 0. The van der Waals surface area contributed by atoms with Crippen molar-refractivity contribution >= 4 is 0 Å². The van der Waals surface area contributed by atoms with Gasteiger partial charge in [-0.3, -0.25) is 4.79 Å². The van der Waals surface area contributed by atoms with Crippen LogP contribution >= 0.6 is 0 Å². The number of hydrogen-bond acceptors (Lipinski definition) is 1. The molecule has 0 saturated carbocycles. The third kappa shape index (κ3) is 1.40. The van der Waals surface area contributed by atoms with Gasteiger partial charge in [0.2, 0.25) is 0 Å². The maximum atomic E-state index is 12.5. The molecule has 0 unspecified atom stereocenters. The topological polar surface area (TPSA) is 22.0 Å². The highest BCUT2D eigenvalue weighted by molar-refractivity contribution is 5.70. The van der Waals surface area contributed by atoms with Crippen LogP contribution in [0.5, 0.6) is 0 Å². The number of aromatic nitrogens is 1. The fourth-order valence-corrected chi connectivity index (χ4v) is 3.74. The molecule has 1 aliphatic carbocycles. The maximum Gasteiger partial charge on any atom is 0.188 e. The minimum Gasteiger partial charge on any atom is -0.344 e. The SMILES string of the molecule is Cc1c2n(c3c(c1=O)CCC3)CCc1ccccc1-2. The van der Waals surface area contributed by atoms with Crippen LogP contribution in [0.3, 0.4) is 0 Å². The van der Waals surface area contributed by atoms with Gasteiger partial charge in [0.15, 0.2) is 5.43 Å². The van der Waals surface area contributed by atoms with Gasteiger partial charge in [-0.15, -0.1) is 0 Å². The van der Waals surface area contributed by atoms with Gasteiger partial charge in [-0.1, -0.05) is 24.3 Å². The molecule has 0 radical (unpaired) electrons. The largest absolute Gasteiger partial charge is 0.344 e. The smallest absolute Gasteiger partial charge is 0.188 e. The Hall–Kier alpha value is -1.83. The summed E-state index contributed by atoms with van der Waals surface area (Å²) in [6.45, 7) is 3.02. The van der Waals surface area contributed by atoms with Crippen LogP contribution in [0.2, 0.25) is 0 Å². The summed E-state index contributed by atoms with van der Waals surface area (Å²) in [7, 11) is 0. The maximum absolute atomic E-state index is 12.5. The van der Waals surface area contributed by atoms with Gasteiger partial charge in [0.25, 0.3) is 0 Å². The van der Waals surface area contributed by atoms with Gasteiger partial charge in [0.1, 0.15) is 0 Å². The molecule has 2 heterocycles. The number of benzene rings is 1. The summed E-state index contributed by atoms with van der Waals surface area (Å²) in [5.74, 6) is 0. The van der Waals surface area contributed by atoms with Crippen LogP contribution in [-0.2, 0) is 25.8 Å². The van der Waals surface area contributed by atoms with Crippen molar-refractivity contribution < 1.29 is 0 Å². The molecule has 1 aromatic carbocycles. The predicted octanol–water partition coefficient (Wildman–Crippen LogP) is 2.87. The minimum absolute atomic E-state index is 0.287. The van der Waals surface area contributed by atoms with Crippen LogP contribution < -0.4 is 5.43 Å². The normalized spacial score (nSPS) is 15.8. The lowest BCUT2D eigenvalue weighted by Crippen LogP contribution is -2.24. The second-order valence-electron chi connectivity index (χ2n) is 5.64. The van der Waals surface area contributed by atoms with Gasteiger partial charge in [0.05, 0.1) is 5.69 Å². The molecule has 2 nitrogen and oxygen atoms in total. The summed E-state index contributed by atoms with van der Waals surface area (Å²) in [4.78, 5) is 12.5. The van der Waals surface area contributed by atoms with E-state index in [1.165, 1.54) is 22.5 Å². The third-order valence-electron chi connectivity index (χ3n) is 4.63. The first-order chi connectivity index (χ1) is 9.27. The molecule has 1 aromatic heterocycles. The van der Waals surface area contributed by atoms with Gasteiger partial charge in [-0.05, 0) is 38.2 Å². The van der Waals surface area contributed by atoms with Gasteiger partial charge < -0.3 is 4.57 Å². The van der Waals surface area contributed by atoms with Crippen molar-refractivity contribution in [3.63, 3.8) is 0 Å². The zero-order valence-corrected chi connectivity index (χ0v) is 11.2. The minimum atomic E-state index is 0.287. The summed E-state index contributed by atoms with van der Waals surface area (Å²) in [5, 5.41) is 0. The van der Waals surface area contributed by atoms with Crippen molar-refractivity contribution in [3.8, 4) is 11.3 Å². The Morgan fingerprint density at radius 3 is 2.84 bits per heavy atom. The van der Waals surface area contributed by atoms with Crippen molar-refractivity contribution in [1.82, 2.24) is 4.57 Å². The Labute approximate surface area is 112 Å². The van der Waals surface area contributed by atoms with Gasteiger partial charge in [0, 0.05) is 28.9 Å². The molecule has 4 rings (SSSR count). The summed E-state index contributed by atoms with van der Waals surface area (Å²) in [6.07, 6.45) is 4.25. The van der Waals surface area contributed by atoms with E-state index >= 15 is 0 Å². The average molecular weight is 251 g/mol.